The van der Waals surface area contributed by atoms with Gasteiger partial charge < -0.3 is 10.1 Å². The van der Waals surface area contributed by atoms with Gasteiger partial charge in [-0.25, -0.2) is 4.39 Å². The Labute approximate surface area is 148 Å². The maximum absolute atomic E-state index is 12.8. The number of hydrogen-bond acceptors (Lipinski definition) is 5. The maximum atomic E-state index is 12.8. The second kappa shape index (κ2) is 9.26. The largest absolute Gasteiger partial charge is 0.455 e. The van der Waals surface area contributed by atoms with Crippen LogP contribution in [0.3, 0.4) is 0 Å². The number of para-hydroxylation sites is 1. The lowest BCUT2D eigenvalue weighted by molar-refractivity contribution is -0.385. The second-order valence-electron chi connectivity index (χ2n) is 5.45. The van der Waals surface area contributed by atoms with E-state index in [0.717, 1.165) is 5.56 Å². The van der Waals surface area contributed by atoms with Crippen LogP contribution in [0.25, 0.3) is 0 Å². The normalized spacial score (nSPS) is 10.2. The third-order valence-electron chi connectivity index (χ3n) is 3.54. The number of nitrogens with one attached hydrogen (secondary N) is 1. The molecule has 7 nitrogen and oxygen atoms in total. The highest BCUT2D eigenvalue weighted by atomic mass is 19.1. The van der Waals surface area contributed by atoms with Crippen molar-refractivity contribution in [3.8, 4) is 0 Å². The lowest BCUT2D eigenvalue weighted by Gasteiger charge is -2.07. The summed E-state index contributed by atoms with van der Waals surface area (Å²) in [6.07, 6.45) is 0.218. The van der Waals surface area contributed by atoms with Gasteiger partial charge in [-0.2, -0.15) is 0 Å². The fourth-order valence-electron chi connectivity index (χ4n) is 2.24. The summed E-state index contributed by atoms with van der Waals surface area (Å²) >= 11 is 0. The summed E-state index contributed by atoms with van der Waals surface area (Å²) in [6, 6.07) is 11.7. The van der Waals surface area contributed by atoms with Gasteiger partial charge in [-0.05, 0) is 24.1 Å². The number of hydrogen-bond donors (Lipinski definition) is 1. The van der Waals surface area contributed by atoms with Crippen molar-refractivity contribution in [3.63, 3.8) is 0 Å². The van der Waals surface area contributed by atoms with E-state index in [0.29, 0.717) is 13.0 Å². The van der Waals surface area contributed by atoms with Gasteiger partial charge in [0.1, 0.15) is 5.82 Å². The number of esters is 1. The highest BCUT2D eigenvalue weighted by Crippen LogP contribution is 2.18. The molecule has 136 valence electrons. The summed E-state index contributed by atoms with van der Waals surface area (Å²) in [5, 5.41) is 13.5. The molecule has 2 aromatic carbocycles. The Bertz CT molecular complexity index is 792. The van der Waals surface area contributed by atoms with Crippen LogP contribution < -0.4 is 5.32 Å². The summed E-state index contributed by atoms with van der Waals surface area (Å²) in [6.45, 7) is -0.158. The first kappa shape index (κ1) is 19.0. The molecule has 0 unspecified atom stereocenters. The Kier molecular flexibility index (Phi) is 6.78. The highest BCUT2D eigenvalue weighted by molar-refractivity contribution is 5.81. The van der Waals surface area contributed by atoms with Crippen LogP contribution in [0, 0.1) is 15.9 Å². The fourth-order valence-corrected chi connectivity index (χ4v) is 2.24. The van der Waals surface area contributed by atoms with Crippen molar-refractivity contribution in [1.82, 2.24) is 5.32 Å². The zero-order valence-electron chi connectivity index (χ0n) is 13.8. The van der Waals surface area contributed by atoms with Gasteiger partial charge in [-0.3, -0.25) is 19.7 Å². The number of benzene rings is 2. The van der Waals surface area contributed by atoms with E-state index in [4.69, 9.17) is 4.74 Å². The molecule has 0 saturated heterocycles. The van der Waals surface area contributed by atoms with Gasteiger partial charge in [0.25, 0.3) is 11.6 Å². The van der Waals surface area contributed by atoms with Crippen molar-refractivity contribution in [3.05, 3.63) is 75.6 Å². The van der Waals surface area contributed by atoms with Gasteiger partial charge >= 0.3 is 5.97 Å². The fraction of sp³-hybridized carbons (Fsp3) is 0.222. The smallest absolute Gasteiger partial charge is 0.311 e. The standard InChI is InChI=1S/C18H17FN2O5/c19-15-7-5-13(6-8-15)9-10-20-17(22)12-26-18(23)11-14-3-1-2-4-16(14)21(24)25/h1-8H,9-12H2,(H,20,22). The third kappa shape index (κ3) is 5.97. The van der Waals surface area contributed by atoms with Crippen LogP contribution in [0.4, 0.5) is 10.1 Å². The van der Waals surface area contributed by atoms with E-state index >= 15 is 0 Å². The van der Waals surface area contributed by atoms with Crippen LogP contribution in [0.15, 0.2) is 48.5 Å². The van der Waals surface area contributed by atoms with Crippen LogP contribution in [0.5, 0.6) is 0 Å². The monoisotopic (exact) mass is 360 g/mol. The molecule has 8 heteroatoms. The van der Waals surface area contributed by atoms with E-state index in [1.165, 1.54) is 30.3 Å². The van der Waals surface area contributed by atoms with Gasteiger partial charge in [0.2, 0.25) is 0 Å². The Hall–Kier alpha value is -3.29. The van der Waals surface area contributed by atoms with E-state index in [2.05, 4.69) is 5.32 Å². The highest BCUT2D eigenvalue weighted by Gasteiger charge is 2.16. The summed E-state index contributed by atoms with van der Waals surface area (Å²) in [7, 11) is 0. The average Bonchev–Trinajstić information content (AvgIpc) is 2.62. The maximum Gasteiger partial charge on any atom is 0.311 e. The van der Waals surface area contributed by atoms with E-state index in [9.17, 15) is 24.1 Å². The summed E-state index contributed by atoms with van der Waals surface area (Å²) in [4.78, 5) is 33.7. The topological polar surface area (TPSA) is 98.5 Å². The van der Waals surface area contributed by atoms with Crippen molar-refractivity contribution < 1.29 is 23.6 Å². The van der Waals surface area contributed by atoms with E-state index < -0.39 is 23.4 Å². The minimum absolute atomic E-state index is 0.173. The molecule has 0 heterocycles. The van der Waals surface area contributed by atoms with Crippen LogP contribution >= 0.6 is 0 Å². The zero-order chi connectivity index (χ0) is 18.9. The molecule has 26 heavy (non-hydrogen) atoms. The summed E-state index contributed by atoms with van der Waals surface area (Å²) in [5.74, 6) is -1.54. The quantitative estimate of drug-likeness (QED) is 0.442. The number of nitrogens with zero attached hydrogens (tertiary/aromatic N) is 1. The third-order valence-corrected chi connectivity index (χ3v) is 3.54. The van der Waals surface area contributed by atoms with Crippen LogP contribution in [0.1, 0.15) is 11.1 Å². The molecule has 0 aromatic heterocycles. The van der Waals surface area contributed by atoms with Crippen LogP contribution in [-0.4, -0.2) is 30.0 Å². The van der Waals surface area contributed by atoms with Gasteiger partial charge in [0.05, 0.1) is 11.3 Å². The molecule has 2 aromatic rings. The molecule has 0 atom stereocenters. The first-order chi connectivity index (χ1) is 12.5. The Morgan fingerprint density at radius 1 is 1.12 bits per heavy atom. The molecule has 0 spiro atoms. The number of rotatable bonds is 8. The van der Waals surface area contributed by atoms with Gasteiger partial charge in [-0.15, -0.1) is 0 Å². The number of carbonyl (C=O) groups is 2. The van der Waals surface area contributed by atoms with E-state index in [1.807, 2.05) is 0 Å². The lowest BCUT2D eigenvalue weighted by Crippen LogP contribution is -2.30. The Morgan fingerprint density at radius 3 is 2.50 bits per heavy atom. The molecule has 0 fully saturated rings. The SMILES string of the molecule is O=C(COC(=O)Cc1ccccc1[N+](=O)[O-])NCCc1ccc(F)cc1. The minimum Gasteiger partial charge on any atom is -0.455 e. The molecule has 0 aliphatic heterocycles. The molecular weight excluding hydrogens is 343 g/mol. The first-order valence-electron chi connectivity index (χ1n) is 7.85. The summed E-state index contributed by atoms with van der Waals surface area (Å²) in [5.41, 5.74) is 0.910. The average molecular weight is 360 g/mol. The van der Waals surface area contributed by atoms with Crippen molar-refractivity contribution in [2.24, 2.45) is 0 Å². The molecule has 0 saturated carbocycles. The van der Waals surface area contributed by atoms with E-state index in [1.54, 1.807) is 18.2 Å². The second-order valence-corrected chi connectivity index (χ2v) is 5.45. The predicted molar refractivity (Wildman–Crippen MR) is 90.9 cm³/mol. The number of ether oxygens (including phenoxy) is 1. The van der Waals surface area contributed by atoms with Gasteiger partial charge in [0, 0.05) is 18.2 Å². The van der Waals surface area contributed by atoms with Crippen molar-refractivity contribution in [1.29, 1.82) is 0 Å². The Morgan fingerprint density at radius 2 is 1.81 bits per heavy atom. The summed E-state index contributed by atoms with van der Waals surface area (Å²) < 4.78 is 17.6. The minimum atomic E-state index is -0.729. The van der Waals surface area contributed by atoms with Crippen molar-refractivity contribution >= 4 is 17.6 Å². The molecule has 2 rings (SSSR count). The van der Waals surface area contributed by atoms with Crippen LogP contribution in [0.2, 0.25) is 0 Å². The molecule has 1 N–H and O–H groups in total. The van der Waals surface area contributed by atoms with Crippen molar-refractivity contribution in [2.45, 2.75) is 12.8 Å². The molecule has 0 aliphatic carbocycles. The van der Waals surface area contributed by atoms with E-state index in [-0.39, 0.29) is 23.5 Å². The Balaban J connectivity index is 1.72. The number of halogens is 1. The number of nitro benzene ring substituents is 1. The first-order valence-corrected chi connectivity index (χ1v) is 7.85. The molecular formula is C18H17FN2O5. The molecule has 0 radical (unpaired) electrons. The molecule has 0 bridgehead atoms. The molecule has 0 aliphatic rings. The number of nitro groups is 1. The number of amides is 1. The predicted octanol–water partition coefficient (Wildman–Crippen LogP) is 2.18. The lowest BCUT2D eigenvalue weighted by atomic mass is 10.1. The van der Waals surface area contributed by atoms with Gasteiger partial charge in [-0.1, -0.05) is 30.3 Å². The van der Waals surface area contributed by atoms with Crippen LogP contribution in [-0.2, 0) is 27.2 Å². The van der Waals surface area contributed by atoms with Crippen molar-refractivity contribution in [2.75, 3.05) is 13.2 Å². The van der Waals surface area contributed by atoms with Gasteiger partial charge in [0.15, 0.2) is 6.61 Å². The molecule has 1 amide bonds. The number of carbonyl (C=O) groups excluding carboxylic acids is 2. The zero-order valence-corrected chi connectivity index (χ0v) is 13.8.